The van der Waals surface area contributed by atoms with Gasteiger partial charge in [-0.2, -0.15) is 0 Å². The number of H-pyrrole nitrogens is 1. The van der Waals surface area contributed by atoms with Crippen LogP contribution in [0.2, 0.25) is 5.02 Å². The van der Waals surface area contributed by atoms with E-state index >= 15 is 0 Å². The standard InChI is InChI=1S/C16H15ClN2O/c17-13-5-6-14-12(10-19-15(14)7-13)9-18-8-11-3-1-2-4-16(11)20/h1-7,10,18-20H,8-9H2. The van der Waals surface area contributed by atoms with E-state index in [2.05, 4.69) is 10.3 Å². The number of hydrogen-bond acceptors (Lipinski definition) is 2. The first kappa shape index (κ1) is 13.0. The van der Waals surface area contributed by atoms with Crippen LogP contribution in [0.25, 0.3) is 10.9 Å². The predicted octanol–water partition coefficient (Wildman–Crippen LogP) is 3.82. The maximum atomic E-state index is 9.71. The van der Waals surface area contributed by atoms with Crippen molar-refractivity contribution in [2.24, 2.45) is 0 Å². The summed E-state index contributed by atoms with van der Waals surface area (Å²) in [5.41, 5.74) is 3.12. The van der Waals surface area contributed by atoms with Gasteiger partial charge in [0.05, 0.1) is 0 Å². The molecule has 0 saturated heterocycles. The Morgan fingerprint density at radius 2 is 1.85 bits per heavy atom. The minimum atomic E-state index is 0.325. The lowest BCUT2D eigenvalue weighted by Gasteiger charge is -2.06. The molecule has 0 amide bonds. The van der Waals surface area contributed by atoms with Crippen molar-refractivity contribution in [1.82, 2.24) is 10.3 Å². The highest BCUT2D eigenvalue weighted by atomic mass is 35.5. The fraction of sp³-hybridized carbons (Fsp3) is 0.125. The van der Waals surface area contributed by atoms with Crippen molar-refractivity contribution in [3.8, 4) is 5.75 Å². The van der Waals surface area contributed by atoms with Crippen molar-refractivity contribution in [2.75, 3.05) is 0 Å². The lowest BCUT2D eigenvalue weighted by atomic mass is 10.1. The highest BCUT2D eigenvalue weighted by molar-refractivity contribution is 6.31. The molecule has 0 bridgehead atoms. The first-order chi connectivity index (χ1) is 9.74. The molecule has 3 nitrogen and oxygen atoms in total. The van der Waals surface area contributed by atoms with E-state index in [4.69, 9.17) is 11.6 Å². The zero-order valence-electron chi connectivity index (χ0n) is 10.9. The minimum Gasteiger partial charge on any atom is -0.508 e. The van der Waals surface area contributed by atoms with Crippen LogP contribution in [0.15, 0.2) is 48.7 Å². The van der Waals surface area contributed by atoms with Crippen LogP contribution in [0.4, 0.5) is 0 Å². The molecule has 0 aliphatic heterocycles. The summed E-state index contributed by atoms with van der Waals surface area (Å²) in [6.45, 7) is 1.36. The lowest BCUT2D eigenvalue weighted by Crippen LogP contribution is -2.12. The van der Waals surface area contributed by atoms with Crippen molar-refractivity contribution >= 4 is 22.5 Å². The van der Waals surface area contributed by atoms with Crippen molar-refractivity contribution in [1.29, 1.82) is 0 Å². The summed E-state index contributed by atoms with van der Waals surface area (Å²) in [7, 11) is 0. The van der Waals surface area contributed by atoms with E-state index in [1.165, 1.54) is 10.9 Å². The molecule has 1 aromatic heterocycles. The number of hydrogen-bond donors (Lipinski definition) is 3. The maximum absolute atomic E-state index is 9.71. The van der Waals surface area contributed by atoms with Gasteiger partial charge in [0.25, 0.3) is 0 Å². The highest BCUT2D eigenvalue weighted by Gasteiger charge is 2.04. The molecular formula is C16H15ClN2O. The van der Waals surface area contributed by atoms with E-state index < -0.39 is 0 Å². The Hall–Kier alpha value is -1.97. The monoisotopic (exact) mass is 286 g/mol. The van der Waals surface area contributed by atoms with Crippen LogP contribution in [-0.2, 0) is 13.1 Å². The smallest absolute Gasteiger partial charge is 0.120 e. The number of halogens is 1. The van der Waals surface area contributed by atoms with Gasteiger partial charge in [0, 0.05) is 40.8 Å². The number of aromatic hydroxyl groups is 1. The van der Waals surface area contributed by atoms with E-state index in [-0.39, 0.29) is 0 Å². The molecule has 20 heavy (non-hydrogen) atoms. The molecule has 3 aromatic rings. The number of nitrogens with one attached hydrogen (secondary N) is 2. The van der Waals surface area contributed by atoms with Gasteiger partial charge in [-0.3, -0.25) is 0 Å². The molecule has 0 aliphatic carbocycles. The zero-order chi connectivity index (χ0) is 13.9. The molecule has 2 aromatic carbocycles. The fourth-order valence-corrected chi connectivity index (χ4v) is 2.47. The molecule has 0 saturated carbocycles. The Morgan fingerprint density at radius 1 is 1.05 bits per heavy atom. The molecule has 0 radical (unpaired) electrons. The zero-order valence-corrected chi connectivity index (χ0v) is 11.6. The van der Waals surface area contributed by atoms with E-state index in [1.54, 1.807) is 6.07 Å². The second kappa shape index (κ2) is 5.57. The third-order valence-electron chi connectivity index (χ3n) is 3.35. The molecule has 0 spiro atoms. The van der Waals surface area contributed by atoms with Gasteiger partial charge in [-0.05, 0) is 23.8 Å². The van der Waals surface area contributed by atoms with Crippen molar-refractivity contribution in [3.63, 3.8) is 0 Å². The number of aromatic nitrogens is 1. The molecule has 3 rings (SSSR count). The number of para-hydroxylation sites is 1. The van der Waals surface area contributed by atoms with Crippen LogP contribution in [0.3, 0.4) is 0 Å². The van der Waals surface area contributed by atoms with Crippen LogP contribution in [0, 0.1) is 0 Å². The van der Waals surface area contributed by atoms with E-state index in [1.807, 2.05) is 42.6 Å². The van der Waals surface area contributed by atoms with Gasteiger partial charge in [-0.25, -0.2) is 0 Å². The molecule has 4 heteroatoms. The summed E-state index contributed by atoms with van der Waals surface area (Å²) in [4.78, 5) is 3.22. The molecule has 0 unspecified atom stereocenters. The first-order valence-corrected chi connectivity index (χ1v) is 6.85. The van der Waals surface area contributed by atoms with Gasteiger partial charge < -0.3 is 15.4 Å². The van der Waals surface area contributed by atoms with Gasteiger partial charge in [-0.1, -0.05) is 35.9 Å². The molecule has 1 heterocycles. The Balaban J connectivity index is 1.70. The molecule has 102 valence electrons. The number of rotatable bonds is 4. The first-order valence-electron chi connectivity index (χ1n) is 6.47. The highest BCUT2D eigenvalue weighted by Crippen LogP contribution is 2.22. The molecule has 0 atom stereocenters. The lowest BCUT2D eigenvalue weighted by molar-refractivity contribution is 0.464. The van der Waals surface area contributed by atoms with Gasteiger partial charge in [0.2, 0.25) is 0 Å². The van der Waals surface area contributed by atoms with E-state index in [9.17, 15) is 5.11 Å². The summed E-state index contributed by atoms with van der Waals surface area (Å²) in [6.07, 6.45) is 1.98. The number of phenols is 1. The summed E-state index contributed by atoms with van der Waals surface area (Å²) in [5, 5.41) is 14.9. The maximum Gasteiger partial charge on any atom is 0.120 e. The third-order valence-corrected chi connectivity index (χ3v) is 3.59. The van der Waals surface area contributed by atoms with Gasteiger partial charge in [0.1, 0.15) is 5.75 Å². The van der Waals surface area contributed by atoms with Crippen molar-refractivity contribution in [2.45, 2.75) is 13.1 Å². The molecule has 0 fully saturated rings. The topological polar surface area (TPSA) is 48.0 Å². The summed E-state index contributed by atoms with van der Waals surface area (Å²) < 4.78 is 0. The average molecular weight is 287 g/mol. The summed E-state index contributed by atoms with van der Waals surface area (Å²) in [6, 6.07) is 13.2. The van der Waals surface area contributed by atoms with Crippen LogP contribution in [-0.4, -0.2) is 10.1 Å². The molecule has 0 aliphatic rings. The SMILES string of the molecule is Oc1ccccc1CNCc1c[nH]c2cc(Cl)ccc12. The minimum absolute atomic E-state index is 0.325. The van der Waals surface area contributed by atoms with Crippen LogP contribution in [0.5, 0.6) is 5.75 Å². The second-order valence-corrected chi connectivity index (χ2v) is 5.17. The van der Waals surface area contributed by atoms with E-state index in [0.29, 0.717) is 12.3 Å². The quantitative estimate of drug-likeness (QED) is 0.683. The van der Waals surface area contributed by atoms with Crippen LogP contribution in [0.1, 0.15) is 11.1 Å². The predicted molar refractivity (Wildman–Crippen MR) is 82.0 cm³/mol. The Morgan fingerprint density at radius 3 is 2.70 bits per heavy atom. The summed E-state index contributed by atoms with van der Waals surface area (Å²) >= 11 is 5.97. The largest absolute Gasteiger partial charge is 0.508 e. The van der Waals surface area contributed by atoms with Crippen molar-refractivity contribution in [3.05, 3.63) is 64.8 Å². The fourth-order valence-electron chi connectivity index (χ4n) is 2.30. The number of fused-ring (bicyclic) bond motifs is 1. The normalized spacial score (nSPS) is 11.1. The molecular weight excluding hydrogens is 272 g/mol. The Labute approximate surface area is 122 Å². The summed E-state index contributed by atoms with van der Waals surface area (Å²) in [5.74, 6) is 0.325. The second-order valence-electron chi connectivity index (χ2n) is 4.74. The third kappa shape index (κ3) is 2.64. The Bertz CT molecular complexity index is 736. The van der Waals surface area contributed by atoms with Crippen molar-refractivity contribution < 1.29 is 5.11 Å². The van der Waals surface area contributed by atoms with Gasteiger partial charge >= 0.3 is 0 Å². The van der Waals surface area contributed by atoms with Crippen LogP contribution < -0.4 is 5.32 Å². The number of aromatic amines is 1. The van der Waals surface area contributed by atoms with Crippen LogP contribution >= 0.6 is 11.6 Å². The Kier molecular flexibility index (Phi) is 3.63. The van der Waals surface area contributed by atoms with Gasteiger partial charge in [0.15, 0.2) is 0 Å². The average Bonchev–Trinajstić information content (AvgIpc) is 2.83. The number of phenolic OH excluding ortho intramolecular Hbond substituents is 1. The molecule has 3 N–H and O–H groups in total. The number of benzene rings is 2. The van der Waals surface area contributed by atoms with E-state index in [0.717, 1.165) is 22.6 Å². The van der Waals surface area contributed by atoms with Gasteiger partial charge in [-0.15, -0.1) is 0 Å².